The molecule has 0 aliphatic rings. The summed E-state index contributed by atoms with van der Waals surface area (Å²) >= 11 is 5.64. The number of methoxy groups -OCH3 is 2. The van der Waals surface area contributed by atoms with Crippen LogP contribution in [0.5, 0.6) is 11.5 Å². The van der Waals surface area contributed by atoms with Crippen molar-refractivity contribution in [3.63, 3.8) is 0 Å². The van der Waals surface area contributed by atoms with Crippen LogP contribution >= 0.6 is 11.6 Å². The Kier molecular flexibility index (Phi) is 6.15. The Balaban J connectivity index is 2.68. The molecule has 8 heteroatoms. The van der Waals surface area contributed by atoms with Crippen LogP contribution in [0, 0.1) is 6.92 Å². The predicted octanol–water partition coefficient (Wildman–Crippen LogP) is 3.36. The zero-order chi connectivity index (χ0) is 19.5. The van der Waals surface area contributed by atoms with Gasteiger partial charge in [-0.25, -0.2) is 8.42 Å². The molecule has 26 heavy (non-hydrogen) atoms. The summed E-state index contributed by atoms with van der Waals surface area (Å²) in [5.74, 6) is 0.730. The summed E-state index contributed by atoms with van der Waals surface area (Å²) in [6.45, 7) is 3.27. The van der Waals surface area contributed by atoms with E-state index in [1.165, 1.54) is 39.3 Å². The van der Waals surface area contributed by atoms with Crippen LogP contribution < -0.4 is 13.8 Å². The standard InChI is InChI=1S/C18H20ClNO5S/c1-12-5-8-15(9-6-12)26(22,23)20(13(2)18(19)21)16-10-7-14(24-3)11-17(16)25-4/h5-11,13H,1-4H3. The first kappa shape index (κ1) is 20.1. The second kappa shape index (κ2) is 7.97. The van der Waals surface area contributed by atoms with Gasteiger partial charge in [0, 0.05) is 6.07 Å². The van der Waals surface area contributed by atoms with Gasteiger partial charge in [0.25, 0.3) is 10.0 Å². The van der Waals surface area contributed by atoms with Crippen molar-refractivity contribution in [3.8, 4) is 11.5 Å². The number of rotatable bonds is 7. The van der Waals surface area contributed by atoms with Gasteiger partial charge in [0.05, 0.1) is 24.8 Å². The lowest BCUT2D eigenvalue weighted by molar-refractivity contribution is -0.112. The van der Waals surface area contributed by atoms with Gasteiger partial charge in [-0.05, 0) is 49.7 Å². The van der Waals surface area contributed by atoms with Gasteiger partial charge in [0.15, 0.2) is 0 Å². The van der Waals surface area contributed by atoms with Crippen LogP contribution in [0.15, 0.2) is 47.4 Å². The van der Waals surface area contributed by atoms with Gasteiger partial charge in [-0.1, -0.05) is 17.7 Å². The van der Waals surface area contributed by atoms with Gasteiger partial charge in [-0.2, -0.15) is 0 Å². The molecule has 0 heterocycles. The smallest absolute Gasteiger partial charge is 0.265 e. The van der Waals surface area contributed by atoms with Crippen molar-refractivity contribution in [3.05, 3.63) is 48.0 Å². The number of sulfonamides is 1. The van der Waals surface area contributed by atoms with Crippen LogP contribution in [0.4, 0.5) is 5.69 Å². The molecule has 0 N–H and O–H groups in total. The van der Waals surface area contributed by atoms with Crippen molar-refractivity contribution in [1.82, 2.24) is 0 Å². The summed E-state index contributed by atoms with van der Waals surface area (Å²) in [4.78, 5) is 11.9. The second-order valence-corrected chi connectivity index (χ2v) is 7.82. The van der Waals surface area contributed by atoms with Crippen molar-refractivity contribution in [2.45, 2.75) is 24.8 Å². The highest BCUT2D eigenvalue weighted by Gasteiger charge is 2.34. The zero-order valence-corrected chi connectivity index (χ0v) is 16.5. The molecule has 0 bridgehead atoms. The number of ether oxygens (including phenoxy) is 2. The number of anilines is 1. The molecule has 0 aromatic heterocycles. The molecular formula is C18H20ClNO5S. The Morgan fingerprint density at radius 1 is 1.08 bits per heavy atom. The van der Waals surface area contributed by atoms with E-state index in [2.05, 4.69) is 0 Å². The minimum absolute atomic E-state index is 0.0470. The number of aryl methyl sites for hydroxylation is 1. The Bertz CT molecular complexity index is 896. The number of halogens is 1. The zero-order valence-electron chi connectivity index (χ0n) is 14.9. The normalized spacial score (nSPS) is 12.3. The maximum absolute atomic E-state index is 13.2. The molecular weight excluding hydrogens is 378 g/mol. The van der Waals surface area contributed by atoms with E-state index in [1.807, 2.05) is 6.92 Å². The maximum Gasteiger partial charge on any atom is 0.265 e. The maximum atomic E-state index is 13.2. The molecule has 0 aliphatic heterocycles. The summed E-state index contributed by atoms with van der Waals surface area (Å²) in [6, 6.07) is 9.84. The molecule has 0 saturated heterocycles. The van der Waals surface area contributed by atoms with E-state index in [0.717, 1.165) is 9.87 Å². The van der Waals surface area contributed by atoms with Gasteiger partial charge in [0.2, 0.25) is 5.24 Å². The Hall–Kier alpha value is -2.25. The fourth-order valence-corrected chi connectivity index (χ4v) is 4.21. The predicted molar refractivity (Wildman–Crippen MR) is 101 cm³/mol. The SMILES string of the molecule is COc1ccc(N(C(C)C(=O)Cl)S(=O)(=O)c2ccc(C)cc2)c(OC)c1. The molecule has 2 aromatic carbocycles. The number of benzene rings is 2. The quantitative estimate of drug-likeness (QED) is 0.670. The van der Waals surface area contributed by atoms with Crippen molar-refractivity contribution >= 4 is 32.6 Å². The van der Waals surface area contributed by atoms with E-state index in [-0.39, 0.29) is 16.3 Å². The van der Waals surface area contributed by atoms with Crippen LogP contribution in [0.2, 0.25) is 0 Å². The number of carbonyl (C=O) groups excluding carboxylic acids is 1. The molecule has 1 unspecified atom stereocenters. The Morgan fingerprint density at radius 3 is 2.19 bits per heavy atom. The fraction of sp³-hybridized carbons (Fsp3) is 0.278. The summed E-state index contributed by atoms with van der Waals surface area (Å²) < 4.78 is 37.9. The highest BCUT2D eigenvalue weighted by molar-refractivity contribution is 7.93. The minimum atomic E-state index is -4.06. The molecule has 6 nitrogen and oxygen atoms in total. The lowest BCUT2D eigenvalue weighted by Crippen LogP contribution is -2.42. The number of nitrogens with zero attached hydrogens (tertiary/aromatic N) is 1. The first-order valence-corrected chi connectivity index (χ1v) is 9.56. The monoisotopic (exact) mass is 397 g/mol. The molecule has 0 spiro atoms. The van der Waals surface area contributed by atoms with Gasteiger partial charge in [0.1, 0.15) is 17.5 Å². The molecule has 0 aliphatic carbocycles. The van der Waals surface area contributed by atoms with E-state index < -0.39 is 21.3 Å². The molecule has 0 radical (unpaired) electrons. The molecule has 2 rings (SSSR count). The second-order valence-electron chi connectivity index (χ2n) is 5.63. The van der Waals surface area contributed by atoms with E-state index in [0.29, 0.717) is 5.75 Å². The molecule has 1 atom stereocenters. The van der Waals surface area contributed by atoms with Crippen molar-refractivity contribution in [1.29, 1.82) is 0 Å². The van der Waals surface area contributed by atoms with Gasteiger partial charge in [-0.15, -0.1) is 0 Å². The lowest BCUT2D eigenvalue weighted by Gasteiger charge is -2.29. The average Bonchev–Trinajstić information content (AvgIpc) is 2.62. The molecule has 0 amide bonds. The van der Waals surface area contributed by atoms with E-state index in [1.54, 1.807) is 24.3 Å². The Morgan fingerprint density at radius 2 is 1.69 bits per heavy atom. The van der Waals surface area contributed by atoms with E-state index in [9.17, 15) is 13.2 Å². The highest BCUT2D eigenvalue weighted by atomic mass is 35.5. The Labute approximate surface area is 158 Å². The summed E-state index contributed by atoms with van der Waals surface area (Å²) in [5.41, 5.74) is 1.11. The topological polar surface area (TPSA) is 72.9 Å². The summed E-state index contributed by atoms with van der Waals surface area (Å²) in [6.07, 6.45) is 0. The summed E-state index contributed by atoms with van der Waals surface area (Å²) in [7, 11) is -1.17. The van der Waals surface area contributed by atoms with Crippen LogP contribution in [-0.4, -0.2) is 33.9 Å². The molecule has 2 aromatic rings. The minimum Gasteiger partial charge on any atom is -0.497 e. The van der Waals surface area contributed by atoms with Gasteiger partial charge in [-0.3, -0.25) is 9.10 Å². The molecule has 0 saturated carbocycles. The van der Waals surface area contributed by atoms with Crippen LogP contribution in [0.1, 0.15) is 12.5 Å². The molecule has 0 fully saturated rings. The van der Waals surface area contributed by atoms with Crippen molar-refractivity contribution in [2.75, 3.05) is 18.5 Å². The van der Waals surface area contributed by atoms with Gasteiger partial charge < -0.3 is 9.47 Å². The first-order valence-electron chi connectivity index (χ1n) is 7.75. The third-order valence-electron chi connectivity index (χ3n) is 3.88. The number of hydrogen-bond donors (Lipinski definition) is 0. The summed E-state index contributed by atoms with van der Waals surface area (Å²) in [5, 5.41) is -0.807. The van der Waals surface area contributed by atoms with E-state index >= 15 is 0 Å². The lowest BCUT2D eigenvalue weighted by atomic mass is 10.2. The highest BCUT2D eigenvalue weighted by Crippen LogP contribution is 2.37. The van der Waals surface area contributed by atoms with Crippen molar-refractivity contribution in [2.24, 2.45) is 0 Å². The van der Waals surface area contributed by atoms with Crippen molar-refractivity contribution < 1.29 is 22.7 Å². The number of carbonyl (C=O) groups is 1. The van der Waals surface area contributed by atoms with Crippen LogP contribution in [-0.2, 0) is 14.8 Å². The first-order chi connectivity index (χ1) is 12.2. The average molecular weight is 398 g/mol. The number of hydrogen-bond acceptors (Lipinski definition) is 5. The largest absolute Gasteiger partial charge is 0.497 e. The third-order valence-corrected chi connectivity index (χ3v) is 6.10. The van der Waals surface area contributed by atoms with Gasteiger partial charge >= 0.3 is 0 Å². The van der Waals surface area contributed by atoms with E-state index in [4.69, 9.17) is 21.1 Å². The van der Waals surface area contributed by atoms with Crippen LogP contribution in [0.25, 0.3) is 0 Å². The fourth-order valence-electron chi connectivity index (χ4n) is 2.43. The van der Waals surface area contributed by atoms with Crippen LogP contribution in [0.3, 0.4) is 0 Å². The third kappa shape index (κ3) is 3.94. The molecule has 140 valence electrons.